The molecule has 0 aliphatic carbocycles. The maximum atomic E-state index is 10.4. The van der Waals surface area contributed by atoms with Gasteiger partial charge in [-0.3, -0.25) is 4.89 Å². The molecule has 0 saturated heterocycles. The second kappa shape index (κ2) is 5.16. The number of rotatable bonds is 4. The Balaban J connectivity index is 3.41. The Labute approximate surface area is 58.9 Å². The van der Waals surface area contributed by atoms with Crippen molar-refractivity contribution in [3.63, 3.8) is 0 Å². The van der Waals surface area contributed by atoms with E-state index in [1.165, 1.54) is 0 Å². The van der Waals surface area contributed by atoms with Gasteiger partial charge in [0.05, 0.1) is 0 Å². The highest BCUT2D eigenvalue weighted by Gasteiger charge is 2.13. The van der Waals surface area contributed by atoms with Crippen LogP contribution in [0.15, 0.2) is 0 Å². The van der Waals surface area contributed by atoms with Gasteiger partial charge in [-0.2, -0.15) is 5.26 Å². The van der Waals surface area contributed by atoms with E-state index in [1.54, 1.807) is 0 Å². The molecule has 1 atom stereocenters. The van der Waals surface area contributed by atoms with Crippen molar-refractivity contribution in [1.82, 2.24) is 0 Å². The lowest BCUT2D eigenvalue weighted by Crippen LogP contribution is -2.32. The zero-order valence-corrected chi connectivity index (χ0v) is 5.62. The van der Waals surface area contributed by atoms with E-state index in [-0.39, 0.29) is 0 Å². The first-order valence-electron chi connectivity index (χ1n) is 3.03. The predicted molar refractivity (Wildman–Crippen MR) is 35.0 cm³/mol. The molecule has 0 unspecified atom stereocenters. The molecule has 5 nitrogen and oxygen atoms in total. The summed E-state index contributed by atoms with van der Waals surface area (Å²) in [7, 11) is 0. The molecule has 0 radical (unpaired) electrons. The van der Waals surface area contributed by atoms with Crippen molar-refractivity contribution >= 4 is 5.97 Å². The Kier molecular flexibility index (Phi) is 4.82. The topological polar surface area (TPSA) is 98.6 Å². The Morgan fingerprint density at radius 1 is 1.70 bits per heavy atom. The fourth-order valence-corrected chi connectivity index (χ4v) is 0.523. The zero-order valence-electron chi connectivity index (χ0n) is 5.62. The zero-order chi connectivity index (χ0) is 7.98. The fraction of sp³-hybridized carbons (Fsp3) is 0.800. The first-order valence-corrected chi connectivity index (χ1v) is 3.03. The van der Waals surface area contributed by atoms with E-state index < -0.39 is 12.0 Å². The number of carbonyl (C=O) groups excluding carboxylic acids is 1. The number of hydrogen-bond donors (Lipinski definition) is 3. The van der Waals surface area contributed by atoms with Gasteiger partial charge >= 0.3 is 5.97 Å². The molecule has 0 amide bonds. The van der Waals surface area contributed by atoms with Gasteiger partial charge in [-0.05, 0) is 19.4 Å². The van der Waals surface area contributed by atoms with Crippen molar-refractivity contribution in [3.05, 3.63) is 0 Å². The molecule has 0 heterocycles. The summed E-state index contributed by atoms with van der Waals surface area (Å²) in [5.41, 5.74) is 10.4. The van der Waals surface area contributed by atoms with Crippen LogP contribution >= 0.6 is 0 Å². The Morgan fingerprint density at radius 3 is 2.70 bits per heavy atom. The van der Waals surface area contributed by atoms with Gasteiger partial charge in [-0.1, -0.05) is 0 Å². The first kappa shape index (κ1) is 9.35. The van der Waals surface area contributed by atoms with Gasteiger partial charge in [-0.15, -0.1) is 0 Å². The van der Waals surface area contributed by atoms with Gasteiger partial charge < -0.3 is 11.5 Å². The number of nitrogens with two attached hydrogens (primary N) is 2. The second-order valence-electron chi connectivity index (χ2n) is 1.95. The maximum Gasteiger partial charge on any atom is 0.358 e. The summed E-state index contributed by atoms with van der Waals surface area (Å²) in [6.07, 6.45) is 1.09. The molecule has 0 aliphatic rings. The molecule has 5 N–H and O–H groups in total. The molecule has 0 fully saturated rings. The molecule has 0 aromatic carbocycles. The van der Waals surface area contributed by atoms with Gasteiger partial charge in [0.25, 0.3) is 0 Å². The summed E-state index contributed by atoms with van der Waals surface area (Å²) >= 11 is 0. The van der Waals surface area contributed by atoms with Crippen LogP contribution in [-0.2, 0) is 9.68 Å². The van der Waals surface area contributed by atoms with Crippen molar-refractivity contribution in [2.45, 2.75) is 18.9 Å². The highest BCUT2D eigenvalue weighted by molar-refractivity contribution is 5.74. The fourth-order valence-electron chi connectivity index (χ4n) is 0.523. The van der Waals surface area contributed by atoms with Crippen molar-refractivity contribution in [2.75, 3.05) is 6.54 Å². The molecule has 0 aromatic heterocycles. The van der Waals surface area contributed by atoms with Crippen molar-refractivity contribution in [3.8, 4) is 0 Å². The molecule has 0 saturated carbocycles. The van der Waals surface area contributed by atoms with E-state index in [0.29, 0.717) is 19.4 Å². The van der Waals surface area contributed by atoms with E-state index in [1.807, 2.05) is 0 Å². The molecular formula is C5H12N2O3. The SMILES string of the molecule is NCCC[C@H](N)C(=O)OO. The quantitative estimate of drug-likeness (QED) is 0.353. The van der Waals surface area contributed by atoms with Gasteiger partial charge in [0, 0.05) is 0 Å². The van der Waals surface area contributed by atoms with Crippen LogP contribution in [-0.4, -0.2) is 23.8 Å². The average molecular weight is 148 g/mol. The van der Waals surface area contributed by atoms with Gasteiger partial charge in [0.2, 0.25) is 0 Å². The molecule has 0 aromatic rings. The third-order valence-corrected chi connectivity index (χ3v) is 1.11. The lowest BCUT2D eigenvalue weighted by molar-refractivity contribution is -0.235. The van der Waals surface area contributed by atoms with E-state index in [2.05, 4.69) is 4.89 Å². The van der Waals surface area contributed by atoms with Gasteiger partial charge in [0.1, 0.15) is 6.04 Å². The van der Waals surface area contributed by atoms with Crippen LogP contribution in [0.4, 0.5) is 0 Å². The third kappa shape index (κ3) is 3.39. The van der Waals surface area contributed by atoms with Crippen LogP contribution in [0.1, 0.15) is 12.8 Å². The molecule has 5 heteroatoms. The van der Waals surface area contributed by atoms with Crippen LogP contribution < -0.4 is 11.5 Å². The van der Waals surface area contributed by atoms with E-state index in [4.69, 9.17) is 16.7 Å². The summed E-state index contributed by atoms with van der Waals surface area (Å²) in [5.74, 6) is -0.812. The summed E-state index contributed by atoms with van der Waals surface area (Å²) in [5, 5.41) is 7.84. The molecular weight excluding hydrogens is 136 g/mol. The van der Waals surface area contributed by atoms with Crippen LogP contribution in [0.5, 0.6) is 0 Å². The predicted octanol–water partition coefficient (Wildman–Crippen LogP) is -0.931. The van der Waals surface area contributed by atoms with E-state index in [0.717, 1.165) is 0 Å². The number of hydrogen-bond acceptors (Lipinski definition) is 5. The molecule has 0 bridgehead atoms. The van der Waals surface area contributed by atoms with E-state index in [9.17, 15) is 4.79 Å². The lowest BCUT2D eigenvalue weighted by Gasteiger charge is -2.04. The van der Waals surface area contributed by atoms with Crippen molar-refractivity contribution < 1.29 is 14.9 Å². The van der Waals surface area contributed by atoms with Crippen LogP contribution in [0.2, 0.25) is 0 Å². The molecule has 0 aliphatic heterocycles. The highest BCUT2D eigenvalue weighted by Crippen LogP contribution is 1.93. The maximum absolute atomic E-state index is 10.4. The molecule has 0 rings (SSSR count). The third-order valence-electron chi connectivity index (χ3n) is 1.11. The molecule has 60 valence electrons. The molecule has 0 spiro atoms. The minimum atomic E-state index is -0.812. The molecule has 10 heavy (non-hydrogen) atoms. The Bertz CT molecular complexity index is 107. The number of carbonyl (C=O) groups is 1. The first-order chi connectivity index (χ1) is 4.72. The monoisotopic (exact) mass is 148 g/mol. The average Bonchev–Trinajstić information content (AvgIpc) is 1.98. The van der Waals surface area contributed by atoms with Gasteiger partial charge in [0.15, 0.2) is 0 Å². The standard InChI is InChI=1S/C5H12N2O3/c6-3-1-2-4(7)5(8)10-9/h4,9H,1-3,6-7H2/t4-/m0/s1. The summed E-state index contributed by atoms with van der Waals surface area (Å²) in [4.78, 5) is 13.8. The second-order valence-corrected chi connectivity index (χ2v) is 1.95. The smallest absolute Gasteiger partial charge is 0.330 e. The largest absolute Gasteiger partial charge is 0.358 e. The lowest BCUT2D eigenvalue weighted by atomic mass is 10.2. The Morgan fingerprint density at radius 2 is 2.30 bits per heavy atom. The minimum Gasteiger partial charge on any atom is -0.330 e. The minimum absolute atomic E-state index is 0.440. The van der Waals surface area contributed by atoms with Crippen LogP contribution in [0, 0.1) is 0 Å². The van der Waals surface area contributed by atoms with Crippen LogP contribution in [0.3, 0.4) is 0 Å². The summed E-state index contributed by atoms with van der Waals surface area (Å²) in [6, 6.07) is -0.756. The van der Waals surface area contributed by atoms with Crippen LogP contribution in [0.25, 0.3) is 0 Å². The van der Waals surface area contributed by atoms with Crippen molar-refractivity contribution in [1.29, 1.82) is 0 Å². The summed E-state index contributed by atoms with van der Waals surface area (Å²) < 4.78 is 0. The normalized spacial score (nSPS) is 12.7. The van der Waals surface area contributed by atoms with Crippen molar-refractivity contribution in [2.24, 2.45) is 11.5 Å². The van der Waals surface area contributed by atoms with Gasteiger partial charge in [-0.25, -0.2) is 4.79 Å². The Hall–Kier alpha value is -0.650. The van der Waals surface area contributed by atoms with E-state index >= 15 is 0 Å². The highest BCUT2D eigenvalue weighted by atomic mass is 17.1. The summed E-state index contributed by atoms with van der Waals surface area (Å²) in [6.45, 7) is 0.479.